The second kappa shape index (κ2) is 5.60. The van der Waals surface area contributed by atoms with Gasteiger partial charge in [0.1, 0.15) is 6.10 Å². The quantitative estimate of drug-likeness (QED) is 0.499. The molecule has 70 valence electrons. The van der Waals surface area contributed by atoms with Crippen LogP contribution >= 0.6 is 0 Å². The van der Waals surface area contributed by atoms with Crippen LogP contribution in [0.2, 0.25) is 0 Å². The van der Waals surface area contributed by atoms with E-state index in [0.29, 0.717) is 6.61 Å². The van der Waals surface area contributed by atoms with Crippen LogP contribution in [-0.2, 0) is 14.3 Å². The number of rotatable bonds is 5. The molecule has 0 radical (unpaired) electrons. The second-order valence-electron chi connectivity index (χ2n) is 2.51. The van der Waals surface area contributed by atoms with E-state index in [1.807, 2.05) is 0 Å². The summed E-state index contributed by atoms with van der Waals surface area (Å²) in [5.41, 5.74) is 0.179. The Hall–Kier alpha value is -1.03. The first kappa shape index (κ1) is 11.0. The highest BCUT2D eigenvalue weighted by Gasteiger charge is 2.02. The first-order valence-electron chi connectivity index (χ1n) is 3.62. The van der Waals surface area contributed by atoms with Crippen molar-refractivity contribution in [2.24, 2.45) is 0 Å². The lowest BCUT2D eigenvalue weighted by Gasteiger charge is -2.09. The second-order valence-corrected chi connectivity index (χ2v) is 2.51. The van der Waals surface area contributed by atoms with Gasteiger partial charge in [0, 0.05) is 7.11 Å². The summed E-state index contributed by atoms with van der Waals surface area (Å²) < 4.78 is 9.83. The molecular formula is C8H14O4. The monoisotopic (exact) mass is 174 g/mol. The average molecular weight is 174 g/mol. The zero-order chi connectivity index (χ0) is 9.56. The lowest BCUT2D eigenvalue weighted by Crippen LogP contribution is -2.12. The van der Waals surface area contributed by atoms with Crippen LogP contribution in [-0.4, -0.2) is 30.9 Å². The zero-order valence-electron chi connectivity index (χ0n) is 7.53. The number of hydrogen-bond acceptors (Lipinski definition) is 3. The molecule has 0 saturated carbocycles. The van der Waals surface area contributed by atoms with Crippen LogP contribution in [0.25, 0.3) is 0 Å². The smallest absolute Gasteiger partial charge is 0.334 e. The molecule has 1 unspecified atom stereocenters. The predicted molar refractivity (Wildman–Crippen MR) is 43.8 cm³/mol. The van der Waals surface area contributed by atoms with E-state index in [1.165, 1.54) is 13.2 Å². The average Bonchev–Trinajstić information content (AvgIpc) is 2.00. The van der Waals surface area contributed by atoms with E-state index in [9.17, 15) is 4.79 Å². The fourth-order valence-electron chi connectivity index (χ4n) is 0.543. The summed E-state index contributed by atoms with van der Waals surface area (Å²) in [7, 11) is 1.56. The third-order valence-electron chi connectivity index (χ3n) is 1.22. The number of hydrogen-bond donors (Lipinski definition) is 1. The normalized spacial score (nSPS) is 14.1. The van der Waals surface area contributed by atoms with Gasteiger partial charge in [-0.1, -0.05) is 0 Å². The van der Waals surface area contributed by atoms with E-state index in [0.717, 1.165) is 0 Å². The first-order chi connectivity index (χ1) is 5.57. The Morgan fingerprint density at radius 3 is 2.67 bits per heavy atom. The van der Waals surface area contributed by atoms with Crippen molar-refractivity contribution in [2.45, 2.75) is 20.0 Å². The minimum Gasteiger partial charge on any atom is -0.495 e. The van der Waals surface area contributed by atoms with Gasteiger partial charge in [-0.15, -0.1) is 0 Å². The van der Waals surface area contributed by atoms with Crippen molar-refractivity contribution < 1.29 is 19.4 Å². The van der Waals surface area contributed by atoms with Crippen LogP contribution < -0.4 is 0 Å². The van der Waals surface area contributed by atoms with Gasteiger partial charge in [0.25, 0.3) is 0 Å². The molecule has 0 aliphatic heterocycles. The lowest BCUT2D eigenvalue weighted by molar-refractivity contribution is -0.132. The molecule has 4 nitrogen and oxygen atoms in total. The van der Waals surface area contributed by atoms with Crippen molar-refractivity contribution in [1.29, 1.82) is 0 Å². The highest BCUT2D eigenvalue weighted by Crippen LogP contribution is 1.97. The van der Waals surface area contributed by atoms with Crippen molar-refractivity contribution in [2.75, 3.05) is 13.7 Å². The fraction of sp³-hybridized carbons (Fsp3) is 0.625. The van der Waals surface area contributed by atoms with Gasteiger partial charge in [0.15, 0.2) is 0 Å². The number of aliphatic carboxylic acids is 1. The number of ether oxygens (including phenoxy) is 2. The summed E-state index contributed by atoms with van der Waals surface area (Å²) in [6.07, 6.45) is 1.11. The molecule has 12 heavy (non-hydrogen) atoms. The molecule has 0 aromatic carbocycles. The van der Waals surface area contributed by atoms with Crippen LogP contribution in [0, 0.1) is 0 Å². The van der Waals surface area contributed by atoms with E-state index in [-0.39, 0.29) is 11.7 Å². The molecule has 1 N–H and O–H groups in total. The van der Waals surface area contributed by atoms with Crippen molar-refractivity contribution in [3.8, 4) is 0 Å². The SMILES string of the molecule is COCC(C)OC=C(C)C(=O)O. The Labute approximate surface area is 71.8 Å². The van der Waals surface area contributed by atoms with Crippen LogP contribution in [0.3, 0.4) is 0 Å². The largest absolute Gasteiger partial charge is 0.495 e. The minimum absolute atomic E-state index is 0.121. The third kappa shape index (κ3) is 4.73. The van der Waals surface area contributed by atoms with E-state index >= 15 is 0 Å². The first-order valence-corrected chi connectivity index (χ1v) is 3.62. The van der Waals surface area contributed by atoms with Gasteiger partial charge in [0.2, 0.25) is 0 Å². The number of carbonyl (C=O) groups is 1. The summed E-state index contributed by atoms with van der Waals surface area (Å²) in [5, 5.41) is 8.45. The number of methoxy groups -OCH3 is 1. The van der Waals surface area contributed by atoms with E-state index in [2.05, 4.69) is 0 Å². The van der Waals surface area contributed by atoms with Crippen LogP contribution in [0.5, 0.6) is 0 Å². The van der Waals surface area contributed by atoms with E-state index in [4.69, 9.17) is 14.6 Å². The van der Waals surface area contributed by atoms with Gasteiger partial charge < -0.3 is 14.6 Å². The van der Waals surface area contributed by atoms with Gasteiger partial charge in [-0.2, -0.15) is 0 Å². The Bertz CT molecular complexity index is 174. The Kier molecular flexibility index (Phi) is 5.12. The van der Waals surface area contributed by atoms with Crippen molar-refractivity contribution in [1.82, 2.24) is 0 Å². The van der Waals surface area contributed by atoms with Crippen LogP contribution in [0.4, 0.5) is 0 Å². The molecule has 1 atom stereocenters. The highest BCUT2D eigenvalue weighted by molar-refractivity contribution is 5.85. The number of carboxylic acid groups (broad SMARTS) is 1. The summed E-state index contributed by atoms with van der Waals surface area (Å²) in [6.45, 7) is 3.72. The maximum absolute atomic E-state index is 10.3. The lowest BCUT2D eigenvalue weighted by atomic mass is 10.3. The topological polar surface area (TPSA) is 55.8 Å². The van der Waals surface area contributed by atoms with Gasteiger partial charge in [-0.25, -0.2) is 4.79 Å². The van der Waals surface area contributed by atoms with Crippen LogP contribution in [0.15, 0.2) is 11.8 Å². The molecule has 0 aliphatic carbocycles. The van der Waals surface area contributed by atoms with Crippen LogP contribution in [0.1, 0.15) is 13.8 Å². The van der Waals surface area contributed by atoms with E-state index < -0.39 is 5.97 Å². The van der Waals surface area contributed by atoms with E-state index in [1.54, 1.807) is 14.0 Å². The molecule has 0 rings (SSSR count). The summed E-state index contributed by atoms with van der Waals surface area (Å²) in [5.74, 6) is -0.973. The minimum atomic E-state index is -0.973. The van der Waals surface area contributed by atoms with Gasteiger partial charge in [-0.3, -0.25) is 0 Å². The molecule has 0 spiro atoms. The van der Waals surface area contributed by atoms with Gasteiger partial charge >= 0.3 is 5.97 Å². The zero-order valence-corrected chi connectivity index (χ0v) is 7.53. The molecule has 0 fully saturated rings. The molecular weight excluding hydrogens is 160 g/mol. The molecule has 4 heteroatoms. The molecule has 0 amide bonds. The molecule has 0 aliphatic rings. The Morgan fingerprint density at radius 1 is 1.67 bits per heavy atom. The third-order valence-corrected chi connectivity index (χ3v) is 1.22. The molecule has 0 bridgehead atoms. The molecule has 0 heterocycles. The molecule has 0 saturated heterocycles. The summed E-state index contributed by atoms with van der Waals surface area (Å²) in [4.78, 5) is 10.3. The summed E-state index contributed by atoms with van der Waals surface area (Å²) >= 11 is 0. The predicted octanol–water partition coefficient (Wildman–Crippen LogP) is 1.03. The molecule has 0 aromatic rings. The van der Waals surface area contributed by atoms with Gasteiger partial charge in [0.05, 0.1) is 18.4 Å². The number of carboxylic acids is 1. The van der Waals surface area contributed by atoms with Crippen molar-refractivity contribution in [3.05, 3.63) is 11.8 Å². The Balaban J connectivity index is 3.79. The van der Waals surface area contributed by atoms with Crippen molar-refractivity contribution in [3.63, 3.8) is 0 Å². The highest BCUT2D eigenvalue weighted by atomic mass is 16.5. The molecule has 0 aromatic heterocycles. The van der Waals surface area contributed by atoms with Crippen molar-refractivity contribution >= 4 is 5.97 Å². The standard InChI is InChI=1S/C8H14O4/c1-6(8(9)10)4-12-7(2)5-11-3/h4,7H,5H2,1-3H3,(H,9,10). The van der Waals surface area contributed by atoms with Gasteiger partial charge in [-0.05, 0) is 13.8 Å². The Morgan fingerprint density at radius 2 is 2.25 bits per heavy atom. The maximum Gasteiger partial charge on any atom is 0.334 e. The maximum atomic E-state index is 10.3. The fourth-order valence-corrected chi connectivity index (χ4v) is 0.543. The summed E-state index contributed by atoms with van der Waals surface area (Å²) in [6, 6.07) is 0.